The van der Waals surface area contributed by atoms with Crippen molar-refractivity contribution in [1.29, 1.82) is 0 Å². The molecule has 1 unspecified atom stereocenters. The number of carbonyl (C=O) groups excluding carboxylic acids is 1. The second kappa shape index (κ2) is 5.83. The fraction of sp³-hybridized carbons (Fsp3) is 0.474. The number of fused-ring (bicyclic) bond motifs is 2. The molecule has 3 aliphatic rings. The van der Waals surface area contributed by atoms with E-state index in [0.717, 1.165) is 12.1 Å². The summed E-state index contributed by atoms with van der Waals surface area (Å²) in [4.78, 5) is 19.4. The van der Waals surface area contributed by atoms with Crippen LogP contribution in [0.2, 0.25) is 0 Å². The van der Waals surface area contributed by atoms with Gasteiger partial charge < -0.3 is 10.4 Å². The highest BCUT2D eigenvalue weighted by Crippen LogP contribution is 2.48. The maximum Gasteiger partial charge on any atom is 0.228 e. The quantitative estimate of drug-likeness (QED) is 0.889. The number of amides is 1. The maximum atomic E-state index is 12.5. The summed E-state index contributed by atoms with van der Waals surface area (Å²) in [6.45, 7) is 2.47. The summed E-state index contributed by atoms with van der Waals surface area (Å²) in [6.07, 6.45) is 5.23. The SMILES string of the molecule is C[C@H](CO)NC(=O)[C@H]1C=C2c3cccc4c3C(C=N4)C[C@H]2N(C)C1. The van der Waals surface area contributed by atoms with Gasteiger partial charge in [0.05, 0.1) is 18.2 Å². The van der Waals surface area contributed by atoms with E-state index >= 15 is 0 Å². The van der Waals surface area contributed by atoms with Crippen molar-refractivity contribution >= 4 is 23.4 Å². The van der Waals surface area contributed by atoms with Crippen LogP contribution < -0.4 is 5.32 Å². The molecule has 0 bridgehead atoms. The van der Waals surface area contributed by atoms with Gasteiger partial charge in [0, 0.05) is 30.8 Å². The summed E-state index contributed by atoms with van der Waals surface area (Å²) in [7, 11) is 2.09. The Bertz CT molecular complexity index is 740. The molecule has 5 heteroatoms. The lowest BCUT2D eigenvalue weighted by molar-refractivity contribution is -0.125. The van der Waals surface area contributed by atoms with Gasteiger partial charge in [0.15, 0.2) is 0 Å². The van der Waals surface area contributed by atoms with Crippen LogP contribution in [0, 0.1) is 5.92 Å². The minimum atomic E-state index is -0.218. The maximum absolute atomic E-state index is 12.5. The molecule has 2 heterocycles. The molecule has 0 aromatic heterocycles. The van der Waals surface area contributed by atoms with Crippen LogP contribution in [0.1, 0.15) is 30.4 Å². The average molecular weight is 325 g/mol. The van der Waals surface area contributed by atoms with E-state index in [-0.39, 0.29) is 24.5 Å². The normalized spacial score (nSPS) is 28.8. The predicted molar refractivity (Wildman–Crippen MR) is 94.5 cm³/mol. The van der Waals surface area contributed by atoms with Crippen molar-refractivity contribution in [1.82, 2.24) is 10.2 Å². The summed E-state index contributed by atoms with van der Waals surface area (Å²) >= 11 is 0. The Morgan fingerprint density at radius 2 is 2.33 bits per heavy atom. The Balaban J connectivity index is 1.71. The van der Waals surface area contributed by atoms with Gasteiger partial charge in [-0.2, -0.15) is 0 Å². The molecule has 4 atom stereocenters. The lowest BCUT2D eigenvalue weighted by Crippen LogP contribution is -2.48. The van der Waals surface area contributed by atoms with E-state index in [9.17, 15) is 4.79 Å². The summed E-state index contributed by atoms with van der Waals surface area (Å²) in [5.74, 6) is 0.186. The highest BCUT2D eigenvalue weighted by molar-refractivity contribution is 5.92. The molecule has 1 amide bonds. The minimum absolute atomic E-state index is 0.0136. The predicted octanol–water partition coefficient (Wildman–Crippen LogP) is 1.70. The van der Waals surface area contributed by atoms with Crippen LogP contribution in [-0.2, 0) is 4.79 Å². The highest BCUT2D eigenvalue weighted by Gasteiger charge is 2.39. The van der Waals surface area contributed by atoms with Crippen molar-refractivity contribution in [2.45, 2.75) is 31.3 Å². The third-order valence-electron chi connectivity index (χ3n) is 5.39. The average Bonchev–Trinajstić information content (AvgIpc) is 3.00. The monoisotopic (exact) mass is 325 g/mol. The third-order valence-corrected chi connectivity index (χ3v) is 5.39. The lowest BCUT2D eigenvalue weighted by Gasteiger charge is -2.41. The van der Waals surface area contributed by atoms with Crippen LogP contribution in [-0.4, -0.2) is 54.4 Å². The molecular formula is C19H23N3O2. The number of likely N-dealkylation sites (N-methyl/N-ethyl adjacent to an activating group) is 1. The third kappa shape index (κ3) is 2.39. The molecule has 4 rings (SSSR count). The van der Waals surface area contributed by atoms with Crippen LogP contribution in [0.4, 0.5) is 5.69 Å². The smallest absolute Gasteiger partial charge is 0.228 e. The van der Waals surface area contributed by atoms with E-state index in [1.165, 1.54) is 16.7 Å². The number of carbonyl (C=O) groups is 1. The Hall–Kier alpha value is -1.98. The molecule has 24 heavy (non-hydrogen) atoms. The van der Waals surface area contributed by atoms with E-state index in [1.807, 2.05) is 6.92 Å². The Morgan fingerprint density at radius 3 is 3.12 bits per heavy atom. The van der Waals surface area contributed by atoms with Gasteiger partial charge in [-0.1, -0.05) is 18.2 Å². The molecule has 0 saturated carbocycles. The van der Waals surface area contributed by atoms with Crippen LogP contribution in [0.15, 0.2) is 29.3 Å². The topological polar surface area (TPSA) is 64.9 Å². The summed E-state index contributed by atoms with van der Waals surface area (Å²) < 4.78 is 0. The van der Waals surface area contributed by atoms with Crippen molar-refractivity contribution in [2.24, 2.45) is 10.9 Å². The first-order valence-electron chi connectivity index (χ1n) is 8.59. The van der Waals surface area contributed by atoms with Crippen LogP contribution in [0.3, 0.4) is 0 Å². The van der Waals surface area contributed by atoms with Gasteiger partial charge >= 0.3 is 0 Å². The van der Waals surface area contributed by atoms with Crippen LogP contribution in [0.5, 0.6) is 0 Å². The fourth-order valence-electron chi connectivity index (χ4n) is 4.16. The standard InChI is InChI=1S/C19H23N3O2/c1-11(10-23)21-19(24)13-6-15-14-4-3-5-16-18(14)12(8-20-16)7-17(15)22(2)9-13/h3-6,8,11-13,17,23H,7,9-10H2,1-2H3,(H,21,24)/t11-,12?,13+,17-/m1/s1. The summed E-state index contributed by atoms with van der Waals surface area (Å²) in [6, 6.07) is 6.39. The number of nitrogens with zero attached hydrogens (tertiary/aromatic N) is 2. The first-order chi connectivity index (χ1) is 11.6. The largest absolute Gasteiger partial charge is 0.394 e. The Labute approximate surface area is 142 Å². The molecule has 0 spiro atoms. The zero-order valence-corrected chi connectivity index (χ0v) is 14.1. The minimum Gasteiger partial charge on any atom is -0.394 e. The molecule has 2 aliphatic heterocycles. The van der Waals surface area contributed by atoms with Gasteiger partial charge in [0.2, 0.25) is 5.91 Å². The first-order valence-corrected chi connectivity index (χ1v) is 8.59. The van der Waals surface area contributed by atoms with E-state index in [4.69, 9.17) is 5.11 Å². The molecule has 0 radical (unpaired) electrons. The summed E-state index contributed by atoms with van der Waals surface area (Å²) in [5.41, 5.74) is 4.88. The van der Waals surface area contributed by atoms with Crippen molar-refractivity contribution in [3.05, 3.63) is 35.4 Å². The second-order valence-electron chi connectivity index (χ2n) is 7.13. The van der Waals surface area contributed by atoms with Crippen LogP contribution >= 0.6 is 0 Å². The number of hydrogen-bond acceptors (Lipinski definition) is 4. The van der Waals surface area contributed by atoms with Gasteiger partial charge in [-0.3, -0.25) is 14.7 Å². The van der Waals surface area contributed by atoms with Crippen molar-refractivity contribution in [2.75, 3.05) is 20.2 Å². The van der Waals surface area contributed by atoms with Gasteiger partial charge in [0.1, 0.15) is 0 Å². The molecule has 1 aromatic rings. The number of aliphatic imine (C=N–C) groups is 1. The van der Waals surface area contributed by atoms with Crippen molar-refractivity contribution < 1.29 is 9.90 Å². The van der Waals surface area contributed by atoms with Crippen molar-refractivity contribution in [3.8, 4) is 0 Å². The van der Waals surface area contributed by atoms with E-state index < -0.39 is 0 Å². The molecule has 0 saturated heterocycles. The number of aliphatic hydroxyl groups is 1. The number of aliphatic hydroxyl groups excluding tert-OH is 1. The van der Waals surface area contributed by atoms with Gasteiger partial charge in [-0.15, -0.1) is 0 Å². The van der Waals surface area contributed by atoms with E-state index in [1.54, 1.807) is 0 Å². The van der Waals surface area contributed by atoms with Gasteiger partial charge in [-0.05, 0) is 43.2 Å². The zero-order valence-electron chi connectivity index (χ0n) is 14.1. The Morgan fingerprint density at radius 1 is 1.50 bits per heavy atom. The van der Waals surface area contributed by atoms with Gasteiger partial charge in [0.25, 0.3) is 0 Å². The zero-order chi connectivity index (χ0) is 16.8. The number of rotatable bonds is 3. The molecule has 0 fully saturated rings. The van der Waals surface area contributed by atoms with Gasteiger partial charge in [-0.25, -0.2) is 0 Å². The molecule has 126 valence electrons. The lowest BCUT2D eigenvalue weighted by atomic mass is 9.74. The van der Waals surface area contributed by atoms with Crippen LogP contribution in [0.25, 0.3) is 5.57 Å². The van der Waals surface area contributed by atoms with E-state index in [0.29, 0.717) is 18.5 Å². The molecule has 2 N–H and O–H groups in total. The molecule has 5 nitrogen and oxygen atoms in total. The fourth-order valence-corrected chi connectivity index (χ4v) is 4.16. The number of benzene rings is 1. The molecular weight excluding hydrogens is 302 g/mol. The number of hydrogen-bond donors (Lipinski definition) is 2. The number of nitrogens with one attached hydrogen (secondary N) is 1. The first kappa shape index (κ1) is 15.5. The summed E-state index contributed by atoms with van der Waals surface area (Å²) in [5, 5.41) is 12.1. The van der Waals surface area contributed by atoms with E-state index in [2.05, 4.69) is 52.7 Å². The second-order valence-corrected chi connectivity index (χ2v) is 7.13. The highest BCUT2D eigenvalue weighted by atomic mass is 16.3. The van der Waals surface area contributed by atoms with Crippen molar-refractivity contribution in [3.63, 3.8) is 0 Å². The molecule has 1 aliphatic carbocycles. The Kier molecular flexibility index (Phi) is 3.77. The molecule has 1 aromatic carbocycles.